The molecule has 4 heterocycles. The molecular weight excluding hydrogens is 432 g/mol. The van der Waals surface area contributed by atoms with Gasteiger partial charge in [0.25, 0.3) is 0 Å². The number of aliphatic hydroxyl groups excluding tert-OH is 1. The van der Waals surface area contributed by atoms with Gasteiger partial charge in [-0.05, 0) is 43.3 Å². The number of amides is 1. The Morgan fingerprint density at radius 2 is 2.09 bits per heavy atom. The van der Waals surface area contributed by atoms with E-state index in [0.717, 1.165) is 34.4 Å². The van der Waals surface area contributed by atoms with Crippen LogP contribution < -0.4 is 4.74 Å². The molecule has 3 aromatic heterocycles. The number of carbonyl (C=O) groups is 1. The molecule has 4 aromatic rings. The quantitative estimate of drug-likeness (QED) is 0.457. The van der Waals surface area contributed by atoms with E-state index < -0.39 is 6.61 Å². The molecule has 174 valence electrons. The lowest BCUT2D eigenvalue weighted by Crippen LogP contribution is -2.53. The third kappa shape index (κ3) is 4.75. The van der Waals surface area contributed by atoms with Crippen LogP contribution in [0.4, 0.5) is 0 Å². The van der Waals surface area contributed by atoms with Crippen molar-refractivity contribution in [3.8, 4) is 22.9 Å². The smallest absolute Gasteiger partial charge is 0.248 e. The van der Waals surface area contributed by atoms with Crippen LogP contribution in [-0.4, -0.2) is 73.3 Å². The molecule has 1 aromatic carbocycles. The second-order valence-electron chi connectivity index (χ2n) is 8.43. The molecule has 1 fully saturated rings. The van der Waals surface area contributed by atoms with Crippen LogP contribution in [0.2, 0.25) is 0 Å². The Kier molecular flexibility index (Phi) is 6.20. The third-order valence-corrected chi connectivity index (χ3v) is 6.11. The summed E-state index contributed by atoms with van der Waals surface area (Å²) < 4.78 is 5.94. The Morgan fingerprint density at radius 3 is 2.82 bits per heavy atom. The van der Waals surface area contributed by atoms with Crippen LogP contribution in [-0.2, 0) is 11.3 Å². The van der Waals surface area contributed by atoms with Gasteiger partial charge < -0.3 is 14.7 Å². The largest absolute Gasteiger partial charge is 0.439 e. The Morgan fingerprint density at radius 1 is 1.18 bits per heavy atom. The van der Waals surface area contributed by atoms with Gasteiger partial charge in [0.15, 0.2) is 0 Å². The lowest BCUT2D eigenvalue weighted by Gasteiger charge is -2.39. The molecule has 1 saturated heterocycles. The SMILES string of the molecule is CC1CN(C(=O)CO)CCN1Cc1ccc2cc(Oc3ccc(-c4ccn[nH]4)cn3)ccc2n1. The molecule has 0 aliphatic carbocycles. The number of pyridine rings is 2. The van der Waals surface area contributed by atoms with Crippen LogP contribution >= 0.6 is 0 Å². The summed E-state index contributed by atoms with van der Waals surface area (Å²) in [5.74, 6) is 0.999. The predicted molar refractivity (Wildman–Crippen MR) is 127 cm³/mol. The second-order valence-corrected chi connectivity index (χ2v) is 8.43. The molecule has 1 aliphatic rings. The number of aromatic nitrogens is 4. The van der Waals surface area contributed by atoms with Crippen LogP contribution in [0.25, 0.3) is 22.2 Å². The van der Waals surface area contributed by atoms with E-state index in [4.69, 9.17) is 14.8 Å². The van der Waals surface area contributed by atoms with Gasteiger partial charge in [-0.25, -0.2) is 4.98 Å². The average Bonchev–Trinajstić information content (AvgIpc) is 3.40. The highest BCUT2D eigenvalue weighted by Crippen LogP contribution is 2.26. The molecule has 2 N–H and O–H groups in total. The highest BCUT2D eigenvalue weighted by atomic mass is 16.5. The van der Waals surface area contributed by atoms with E-state index in [2.05, 4.69) is 33.1 Å². The van der Waals surface area contributed by atoms with Crippen molar-refractivity contribution in [3.63, 3.8) is 0 Å². The van der Waals surface area contributed by atoms with Crippen molar-refractivity contribution in [1.29, 1.82) is 0 Å². The molecule has 0 spiro atoms. The molecule has 0 saturated carbocycles. The van der Waals surface area contributed by atoms with Gasteiger partial charge in [-0.2, -0.15) is 5.10 Å². The highest BCUT2D eigenvalue weighted by Gasteiger charge is 2.26. The number of fused-ring (bicyclic) bond motifs is 1. The number of ether oxygens (including phenoxy) is 1. The Hall–Kier alpha value is -3.82. The summed E-state index contributed by atoms with van der Waals surface area (Å²) >= 11 is 0. The fourth-order valence-electron chi connectivity index (χ4n) is 4.20. The van der Waals surface area contributed by atoms with Crippen LogP contribution in [0.5, 0.6) is 11.6 Å². The standard InChI is InChI=1S/C25H26N6O3/c1-17-14-31(25(33)16-32)11-10-30(17)15-20-4-2-18-12-21(5-6-22(18)28-20)34-24-7-3-19(13-26-24)23-8-9-27-29-23/h2-9,12-13,17,32H,10-11,14-16H2,1H3,(H,27,29). The van der Waals surface area contributed by atoms with E-state index in [0.29, 0.717) is 31.3 Å². The number of aromatic amines is 1. The van der Waals surface area contributed by atoms with E-state index in [1.54, 1.807) is 17.3 Å². The van der Waals surface area contributed by atoms with Crippen molar-refractivity contribution in [3.05, 3.63) is 66.6 Å². The monoisotopic (exact) mass is 458 g/mol. The Bertz CT molecular complexity index is 1280. The molecule has 1 unspecified atom stereocenters. The fraction of sp³-hybridized carbons (Fsp3) is 0.280. The van der Waals surface area contributed by atoms with Crippen LogP contribution in [0.15, 0.2) is 60.9 Å². The zero-order valence-electron chi connectivity index (χ0n) is 18.9. The predicted octanol–water partition coefficient (Wildman–Crippen LogP) is 2.84. The fourth-order valence-corrected chi connectivity index (χ4v) is 4.20. The summed E-state index contributed by atoms with van der Waals surface area (Å²) in [5.41, 5.74) is 3.72. The van der Waals surface area contributed by atoms with Crippen molar-refractivity contribution in [2.75, 3.05) is 26.2 Å². The third-order valence-electron chi connectivity index (χ3n) is 6.11. The molecule has 0 radical (unpaired) electrons. The number of nitrogens with zero attached hydrogens (tertiary/aromatic N) is 5. The number of nitrogens with one attached hydrogen (secondary N) is 1. The number of aliphatic hydroxyl groups is 1. The van der Waals surface area contributed by atoms with E-state index in [1.165, 1.54) is 0 Å². The van der Waals surface area contributed by atoms with Gasteiger partial charge in [-0.3, -0.25) is 19.8 Å². The molecule has 9 heteroatoms. The van der Waals surface area contributed by atoms with Crippen LogP contribution in [0.3, 0.4) is 0 Å². The lowest BCUT2D eigenvalue weighted by atomic mass is 10.1. The van der Waals surface area contributed by atoms with Crippen molar-refractivity contribution in [1.82, 2.24) is 30.0 Å². The van der Waals surface area contributed by atoms with Gasteiger partial charge in [-0.15, -0.1) is 0 Å². The van der Waals surface area contributed by atoms with E-state index in [-0.39, 0.29) is 11.9 Å². The first-order valence-corrected chi connectivity index (χ1v) is 11.2. The minimum Gasteiger partial charge on any atom is -0.439 e. The van der Waals surface area contributed by atoms with Crippen LogP contribution in [0, 0.1) is 0 Å². The number of hydrogen-bond donors (Lipinski definition) is 2. The van der Waals surface area contributed by atoms with Gasteiger partial charge >= 0.3 is 0 Å². The summed E-state index contributed by atoms with van der Waals surface area (Å²) in [5, 5.41) is 17.0. The molecule has 9 nitrogen and oxygen atoms in total. The van der Waals surface area contributed by atoms with Gasteiger partial charge in [0.1, 0.15) is 12.4 Å². The summed E-state index contributed by atoms with van der Waals surface area (Å²) in [6.45, 7) is 4.36. The number of rotatable bonds is 6. The lowest BCUT2D eigenvalue weighted by molar-refractivity contribution is -0.137. The number of benzene rings is 1. The van der Waals surface area contributed by atoms with Crippen molar-refractivity contribution < 1.29 is 14.6 Å². The number of carbonyl (C=O) groups excluding carboxylic acids is 1. The maximum absolute atomic E-state index is 11.8. The summed E-state index contributed by atoms with van der Waals surface area (Å²) in [6.07, 6.45) is 3.45. The summed E-state index contributed by atoms with van der Waals surface area (Å²) in [4.78, 5) is 25.0. The Balaban J connectivity index is 1.24. The molecule has 34 heavy (non-hydrogen) atoms. The number of hydrogen-bond acceptors (Lipinski definition) is 7. The van der Waals surface area contributed by atoms with E-state index >= 15 is 0 Å². The van der Waals surface area contributed by atoms with Crippen molar-refractivity contribution in [2.45, 2.75) is 19.5 Å². The van der Waals surface area contributed by atoms with Crippen molar-refractivity contribution >= 4 is 16.8 Å². The number of piperazine rings is 1. The molecule has 0 bridgehead atoms. The second kappa shape index (κ2) is 9.58. The van der Waals surface area contributed by atoms with Gasteiger partial charge in [0.05, 0.1) is 16.9 Å². The highest BCUT2D eigenvalue weighted by molar-refractivity contribution is 5.80. The average molecular weight is 459 g/mol. The first kappa shape index (κ1) is 22.0. The Labute approximate surface area is 197 Å². The topological polar surface area (TPSA) is 107 Å². The first-order chi connectivity index (χ1) is 16.6. The molecule has 1 aliphatic heterocycles. The van der Waals surface area contributed by atoms with Gasteiger partial charge in [0, 0.05) is 61.6 Å². The van der Waals surface area contributed by atoms with E-state index in [1.807, 2.05) is 42.5 Å². The van der Waals surface area contributed by atoms with Gasteiger partial charge in [0.2, 0.25) is 11.8 Å². The maximum Gasteiger partial charge on any atom is 0.248 e. The normalized spacial score (nSPS) is 16.6. The molecule has 1 atom stereocenters. The van der Waals surface area contributed by atoms with Crippen molar-refractivity contribution in [2.24, 2.45) is 0 Å². The minimum absolute atomic E-state index is 0.199. The van der Waals surface area contributed by atoms with E-state index in [9.17, 15) is 4.79 Å². The summed E-state index contributed by atoms with van der Waals surface area (Å²) in [7, 11) is 0. The summed E-state index contributed by atoms with van der Waals surface area (Å²) in [6, 6.07) is 15.7. The zero-order valence-corrected chi connectivity index (χ0v) is 18.9. The zero-order chi connectivity index (χ0) is 23.5. The minimum atomic E-state index is -0.433. The molecule has 5 rings (SSSR count). The maximum atomic E-state index is 11.8. The molecule has 1 amide bonds. The first-order valence-electron chi connectivity index (χ1n) is 11.2. The number of H-pyrrole nitrogens is 1. The van der Waals surface area contributed by atoms with Gasteiger partial charge in [-0.1, -0.05) is 6.07 Å². The van der Waals surface area contributed by atoms with Crippen LogP contribution in [0.1, 0.15) is 12.6 Å². The molecular formula is C25H26N6O3.